The summed E-state index contributed by atoms with van der Waals surface area (Å²) in [5, 5.41) is 9.09. The highest BCUT2D eigenvalue weighted by Gasteiger charge is 2.18. The Morgan fingerprint density at radius 1 is 0.964 bits per heavy atom. The first kappa shape index (κ1) is 21.3. The molecule has 0 aromatic heterocycles. The Bertz CT molecular complexity index is 766. The minimum absolute atomic E-state index is 0.106. The van der Waals surface area contributed by atoms with Crippen LogP contribution in [0.25, 0.3) is 0 Å². The minimum atomic E-state index is -1.08. The van der Waals surface area contributed by atoms with Gasteiger partial charge in [0.25, 0.3) is 0 Å². The summed E-state index contributed by atoms with van der Waals surface area (Å²) >= 11 is 0. The number of benzene rings is 2. The molecule has 0 aliphatic rings. The van der Waals surface area contributed by atoms with Crippen LogP contribution in [-0.2, 0) is 22.6 Å². The van der Waals surface area contributed by atoms with E-state index < -0.39 is 18.6 Å². The summed E-state index contributed by atoms with van der Waals surface area (Å²) in [7, 11) is 0. The topological polar surface area (TPSA) is 76.1 Å². The molecule has 0 radical (unpaired) electrons. The maximum atomic E-state index is 12.3. The lowest BCUT2D eigenvalue weighted by atomic mass is 10.1. The molecule has 2 rings (SSSR count). The van der Waals surface area contributed by atoms with E-state index in [1.165, 1.54) is 4.90 Å². The van der Waals surface area contributed by atoms with Gasteiger partial charge in [-0.25, -0.2) is 4.79 Å². The van der Waals surface area contributed by atoms with Gasteiger partial charge in [0.05, 0.1) is 0 Å². The van der Waals surface area contributed by atoms with Crippen molar-refractivity contribution in [2.45, 2.75) is 39.4 Å². The number of hydrogen-bond acceptors (Lipinski definition) is 4. The number of carbonyl (C=O) groups is 2. The van der Waals surface area contributed by atoms with Gasteiger partial charge in [-0.3, -0.25) is 9.69 Å². The van der Waals surface area contributed by atoms with Crippen molar-refractivity contribution in [3.05, 3.63) is 65.7 Å². The lowest BCUT2D eigenvalue weighted by Gasteiger charge is -2.22. The zero-order valence-corrected chi connectivity index (χ0v) is 16.6. The molecule has 6 nitrogen and oxygen atoms in total. The molecular weight excluding hydrogens is 358 g/mol. The van der Waals surface area contributed by atoms with Crippen LogP contribution in [0.3, 0.4) is 0 Å². The third-order valence-corrected chi connectivity index (χ3v) is 3.81. The Morgan fingerprint density at radius 2 is 1.61 bits per heavy atom. The summed E-state index contributed by atoms with van der Waals surface area (Å²) < 4.78 is 11.0. The van der Waals surface area contributed by atoms with Crippen LogP contribution >= 0.6 is 0 Å². The van der Waals surface area contributed by atoms with Crippen molar-refractivity contribution in [1.82, 2.24) is 4.90 Å². The van der Waals surface area contributed by atoms with Gasteiger partial charge in [0.2, 0.25) is 0 Å². The van der Waals surface area contributed by atoms with E-state index in [1.807, 2.05) is 75.4 Å². The van der Waals surface area contributed by atoms with E-state index in [0.29, 0.717) is 6.42 Å². The molecule has 2 aromatic rings. The van der Waals surface area contributed by atoms with E-state index in [1.54, 1.807) is 0 Å². The first-order chi connectivity index (χ1) is 13.2. The Labute approximate surface area is 165 Å². The van der Waals surface area contributed by atoms with E-state index in [-0.39, 0.29) is 18.8 Å². The first-order valence-corrected chi connectivity index (χ1v) is 9.18. The van der Waals surface area contributed by atoms with Crippen LogP contribution in [0.1, 0.15) is 31.9 Å². The van der Waals surface area contributed by atoms with E-state index in [9.17, 15) is 9.59 Å². The zero-order valence-electron chi connectivity index (χ0n) is 16.6. The monoisotopic (exact) mass is 385 g/mol. The van der Waals surface area contributed by atoms with E-state index in [2.05, 4.69) is 0 Å². The number of carboxylic acids is 1. The summed E-state index contributed by atoms with van der Waals surface area (Å²) in [6.45, 7) is 5.89. The molecule has 0 unspecified atom stereocenters. The molecular formula is C22H27NO5. The fraction of sp³-hybridized carbons (Fsp3) is 0.364. The molecule has 0 saturated carbocycles. The van der Waals surface area contributed by atoms with Gasteiger partial charge in [-0.2, -0.15) is 0 Å². The van der Waals surface area contributed by atoms with Gasteiger partial charge in [-0.05, 0) is 50.5 Å². The highest BCUT2D eigenvalue weighted by atomic mass is 16.6. The van der Waals surface area contributed by atoms with Crippen molar-refractivity contribution in [1.29, 1.82) is 0 Å². The number of aliphatic carboxylic acids is 1. The molecule has 2 aromatic carbocycles. The third kappa shape index (κ3) is 7.70. The Hall–Kier alpha value is -3.02. The molecule has 6 heteroatoms. The molecule has 150 valence electrons. The first-order valence-electron chi connectivity index (χ1n) is 9.18. The van der Waals surface area contributed by atoms with Crippen molar-refractivity contribution >= 4 is 12.1 Å². The van der Waals surface area contributed by atoms with Gasteiger partial charge >= 0.3 is 12.1 Å². The molecule has 0 aliphatic carbocycles. The average Bonchev–Trinajstić information content (AvgIpc) is 2.63. The van der Waals surface area contributed by atoms with Gasteiger partial charge in [-0.15, -0.1) is 0 Å². The van der Waals surface area contributed by atoms with Gasteiger partial charge in [-0.1, -0.05) is 42.5 Å². The minimum Gasteiger partial charge on any atom is -0.488 e. The van der Waals surface area contributed by atoms with E-state index in [4.69, 9.17) is 14.6 Å². The molecule has 0 fully saturated rings. The molecule has 28 heavy (non-hydrogen) atoms. The van der Waals surface area contributed by atoms with Crippen molar-refractivity contribution in [3.63, 3.8) is 0 Å². The van der Waals surface area contributed by atoms with Crippen LogP contribution < -0.4 is 4.74 Å². The van der Waals surface area contributed by atoms with E-state index >= 15 is 0 Å². The largest absolute Gasteiger partial charge is 0.488 e. The van der Waals surface area contributed by atoms with Crippen molar-refractivity contribution in [2.75, 3.05) is 13.1 Å². The summed E-state index contributed by atoms with van der Waals surface area (Å²) in [5.41, 5.74) is 1.55. The predicted molar refractivity (Wildman–Crippen MR) is 106 cm³/mol. The van der Waals surface area contributed by atoms with Gasteiger partial charge in [0.15, 0.2) is 0 Å². The van der Waals surface area contributed by atoms with Crippen molar-refractivity contribution < 1.29 is 24.2 Å². The fourth-order valence-corrected chi connectivity index (χ4v) is 2.55. The third-order valence-electron chi connectivity index (χ3n) is 3.81. The van der Waals surface area contributed by atoms with Crippen molar-refractivity contribution in [3.8, 4) is 5.75 Å². The molecule has 0 aliphatic heterocycles. The molecule has 1 N–H and O–H groups in total. The number of nitrogens with zero attached hydrogens (tertiary/aromatic N) is 1. The Morgan fingerprint density at radius 3 is 2.18 bits per heavy atom. The molecule has 1 amide bonds. The molecule has 0 spiro atoms. The molecule has 0 saturated heterocycles. The summed E-state index contributed by atoms with van der Waals surface area (Å²) in [5.74, 6) is -0.313. The van der Waals surface area contributed by atoms with E-state index in [0.717, 1.165) is 16.9 Å². The maximum Gasteiger partial charge on any atom is 0.410 e. The highest BCUT2D eigenvalue weighted by molar-refractivity contribution is 5.76. The number of ether oxygens (including phenoxy) is 2. The Kier molecular flexibility index (Phi) is 7.44. The number of carboxylic acid groups (broad SMARTS) is 1. The normalized spacial score (nSPS) is 11.0. The summed E-state index contributed by atoms with van der Waals surface area (Å²) in [6.07, 6.45) is -0.122. The second kappa shape index (κ2) is 9.78. The van der Waals surface area contributed by atoms with Crippen LogP contribution in [0.5, 0.6) is 5.75 Å². The summed E-state index contributed by atoms with van der Waals surface area (Å²) in [6, 6.07) is 16.8. The van der Waals surface area contributed by atoms with Crippen molar-refractivity contribution in [2.24, 2.45) is 0 Å². The van der Waals surface area contributed by atoms with Crippen LogP contribution in [0.2, 0.25) is 0 Å². The van der Waals surface area contributed by atoms with Gasteiger partial charge in [0.1, 0.15) is 24.5 Å². The van der Waals surface area contributed by atoms with Crippen LogP contribution in [-0.4, -0.2) is 40.8 Å². The highest BCUT2D eigenvalue weighted by Crippen LogP contribution is 2.19. The average molecular weight is 385 g/mol. The lowest BCUT2D eigenvalue weighted by molar-refractivity contribution is -0.138. The van der Waals surface area contributed by atoms with Gasteiger partial charge < -0.3 is 14.6 Å². The SMILES string of the molecule is CC(C)(C)Oc1ccc(CCN(CC(=O)O)C(=O)OCc2ccccc2)cc1. The standard InChI is InChI=1S/C22H27NO5/c1-22(2,3)28-19-11-9-17(10-12-19)13-14-23(15-20(24)25)21(26)27-16-18-7-5-4-6-8-18/h4-12H,13-16H2,1-3H3,(H,24,25). The van der Waals surface area contributed by atoms with Gasteiger partial charge in [0, 0.05) is 6.54 Å². The second-order valence-corrected chi connectivity index (χ2v) is 7.46. The Balaban J connectivity index is 1.92. The smallest absolute Gasteiger partial charge is 0.410 e. The fourth-order valence-electron chi connectivity index (χ4n) is 2.55. The quantitative estimate of drug-likeness (QED) is 0.739. The van der Waals surface area contributed by atoms with Crippen LogP contribution in [0, 0.1) is 0 Å². The number of carbonyl (C=O) groups excluding carboxylic acids is 1. The molecule has 0 atom stereocenters. The zero-order chi connectivity index (χ0) is 20.6. The predicted octanol–water partition coefficient (Wildman–Crippen LogP) is 4.13. The second-order valence-electron chi connectivity index (χ2n) is 7.46. The van der Waals surface area contributed by atoms with Crippen LogP contribution in [0.15, 0.2) is 54.6 Å². The number of hydrogen-bond donors (Lipinski definition) is 1. The lowest BCUT2D eigenvalue weighted by Crippen LogP contribution is -2.37. The molecule has 0 bridgehead atoms. The maximum absolute atomic E-state index is 12.3. The number of amides is 1. The number of rotatable bonds is 8. The van der Waals surface area contributed by atoms with Crippen LogP contribution in [0.4, 0.5) is 4.79 Å². The summed E-state index contributed by atoms with van der Waals surface area (Å²) in [4.78, 5) is 24.6. The molecule has 0 heterocycles.